The fourth-order valence-electron chi connectivity index (χ4n) is 1.20. The molecule has 0 spiro atoms. The Kier molecular flexibility index (Phi) is 5.40. The average Bonchev–Trinajstić information content (AvgIpc) is 2.29. The van der Waals surface area contributed by atoms with Gasteiger partial charge in [0.1, 0.15) is 0 Å². The Bertz CT molecular complexity index is 432. The van der Waals surface area contributed by atoms with Gasteiger partial charge in [0.25, 0.3) is 5.91 Å². The highest BCUT2D eigenvalue weighted by atomic mass is 127. The van der Waals surface area contributed by atoms with Crippen molar-refractivity contribution in [3.8, 4) is 0 Å². The molecule has 1 aromatic carbocycles. The van der Waals surface area contributed by atoms with Crippen molar-refractivity contribution in [1.29, 1.82) is 0 Å². The molecular weight excluding hydrogens is 333 g/mol. The highest BCUT2D eigenvalue weighted by Gasteiger charge is 2.07. The second-order valence-corrected chi connectivity index (χ2v) is 4.77. The largest absolute Gasteiger partial charge is 0.456 e. The van der Waals surface area contributed by atoms with E-state index in [0.29, 0.717) is 0 Å². The Balaban J connectivity index is 2.53. The van der Waals surface area contributed by atoms with Gasteiger partial charge in [0, 0.05) is 15.7 Å². The lowest BCUT2D eigenvalue weighted by Crippen LogP contribution is -2.20. The van der Waals surface area contributed by atoms with Gasteiger partial charge in [0.2, 0.25) is 0 Å². The number of amides is 1. The van der Waals surface area contributed by atoms with Crippen LogP contribution in [0.2, 0.25) is 0 Å². The first-order valence-corrected chi connectivity index (χ1v) is 6.32. The molecule has 4 nitrogen and oxygen atoms in total. The summed E-state index contributed by atoms with van der Waals surface area (Å²) in [6.45, 7) is 3.36. The van der Waals surface area contributed by atoms with Gasteiger partial charge in [-0.2, -0.15) is 0 Å². The maximum absolute atomic E-state index is 11.5. The van der Waals surface area contributed by atoms with Crippen molar-refractivity contribution < 1.29 is 14.3 Å². The van der Waals surface area contributed by atoms with Gasteiger partial charge in [-0.05, 0) is 53.3 Å². The lowest BCUT2D eigenvalue weighted by Gasteiger charge is -2.08. The van der Waals surface area contributed by atoms with Crippen molar-refractivity contribution in [2.45, 2.75) is 20.3 Å². The maximum Gasteiger partial charge on any atom is 0.306 e. The molecule has 1 rings (SSSR count). The summed E-state index contributed by atoms with van der Waals surface area (Å²) in [6.07, 6.45) is 0.274. The molecule has 0 aliphatic carbocycles. The average molecular weight is 347 g/mol. The van der Waals surface area contributed by atoms with Gasteiger partial charge in [-0.1, -0.05) is 6.92 Å². The normalized spacial score (nSPS) is 9.82. The van der Waals surface area contributed by atoms with E-state index >= 15 is 0 Å². The maximum atomic E-state index is 11.5. The number of ether oxygens (including phenoxy) is 1. The zero-order chi connectivity index (χ0) is 12.8. The van der Waals surface area contributed by atoms with E-state index in [1.165, 1.54) is 0 Å². The van der Waals surface area contributed by atoms with Crippen molar-refractivity contribution >= 4 is 40.2 Å². The van der Waals surface area contributed by atoms with Crippen LogP contribution >= 0.6 is 22.6 Å². The minimum absolute atomic E-state index is 0.238. The number of nitrogens with one attached hydrogen (secondary N) is 1. The van der Waals surface area contributed by atoms with Crippen LogP contribution in [0.1, 0.15) is 18.9 Å². The summed E-state index contributed by atoms with van der Waals surface area (Å²) < 4.78 is 5.84. The van der Waals surface area contributed by atoms with Crippen LogP contribution in [0.5, 0.6) is 0 Å². The molecule has 0 aliphatic rings. The highest BCUT2D eigenvalue weighted by molar-refractivity contribution is 14.1. The molecule has 0 heterocycles. The van der Waals surface area contributed by atoms with Gasteiger partial charge in [-0.3, -0.25) is 9.59 Å². The topological polar surface area (TPSA) is 55.4 Å². The molecule has 0 atom stereocenters. The van der Waals surface area contributed by atoms with Crippen LogP contribution < -0.4 is 5.32 Å². The first-order chi connectivity index (χ1) is 8.02. The molecule has 0 bridgehead atoms. The molecule has 92 valence electrons. The number of hydrogen-bond acceptors (Lipinski definition) is 3. The van der Waals surface area contributed by atoms with Gasteiger partial charge >= 0.3 is 5.97 Å². The smallest absolute Gasteiger partial charge is 0.306 e. The van der Waals surface area contributed by atoms with Crippen LogP contribution in [0.3, 0.4) is 0 Å². The molecule has 0 fully saturated rings. The number of anilines is 1. The Labute approximate surface area is 114 Å². The summed E-state index contributed by atoms with van der Waals surface area (Å²) in [6, 6.07) is 5.70. The van der Waals surface area contributed by atoms with Crippen LogP contribution in [0, 0.1) is 10.5 Å². The number of halogens is 1. The fourth-order valence-corrected chi connectivity index (χ4v) is 1.85. The Morgan fingerprint density at radius 1 is 1.41 bits per heavy atom. The summed E-state index contributed by atoms with van der Waals surface area (Å²) in [7, 11) is 0. The standard InChI is InChI=1S/C12H14INO3/c1-3-12(16)17-7-11(15)14-10-5-4-9(13)6-8(10)2/h4-6H,3,7H2,1-2H3,(H,14,15). The van der Waals surface area contributed by atoms with E-state index in [-0.39, 0.29) is 24.9 Å². The van der Waals surface area contributed by atoms with E-state index in [1.807, 2.05) is 25.1 Å². The number of aryl methyl sites for hydroxylation is 1. The van der Waals surface area contributed by atoms with E-state index < -0.39 is 0 Å². The van der Waals surface area contributed by atoms with Crippen molar-refractivity contribution in [2.24, 2.45) is 0 Å². The lowest BCUT2D eigenvalue weighted by atomic mass is 10.2. The summed E-state index contributed by atoms with van der Waals surface area (Å²) >= 11 is 2.20. The summed E-state index contributed by atoms with van der Waals surface area (Å²) in [4.78, 5) is 22.4. The molecular formula is C12H14INO3. The predicted molar refractivity (Wildman–Crippen MR) is 73.8 cm³/mol. The fraction of sp³-hybridized carbons (Fsp3) is 0.333. The van der Waals surface area contributed by atoms with Crippen molar-refractivity contribution in [3.63, 3.8) is 0 Å². The quantitative estimate of drug-likeness (QED) is 0.673. The molecule has 17 heavy (non-hydrogen) atoms. The second kappa shape index (κ2) is 6.58. The third-order valence-electron chi connectivity index (χ3n) is 2.12. The van der Waals surface area contributed by atoms with E-state index in [2.05, 4.69) is 27.9 Å². The molecule has 0 saturated heterocycles. The minimum Gasteiger partial charge on any atom is -0.456 e. The number of hydrogen-bond donors (Lipinski definition) is 1. The van der Waals surface area contributed by atoms with Gasteiger partial charge in [-0.25, -0.2) is 0 Å². The lowest BCUT2D eigenvalue weighted by molar-refractivity contribution is -0.146. The zero-order valence-corrected chi connectivity index (χ0v) is 11.9. The predicted octanol–water partition coefficient (Wildman–Crippen LogP) is 2.49. The molecule has 1 amide bonds. The van der Waals surface area contributed by atoms with E-state index in [1.54, 1.807) is 6.92 Å². The summed E-state index contributed by atoms with van der Waals surface area (Å²) in [5.41, 5.74) is 1.72. The minimum atomic E-state index is -0.375. The molecule has 0 aromatic heterocycles. The number of rotatable bonds is 4. The number of benzene rings is 1. The molecule has 0 aliphatic heterocycles. The molecule has 0 saturated carbocycles. The van der Waals surface area contributed by atoms with E-state index in [4.69, 9.17) is 4.74 Å². The van der Waals surface area contributed by atoms with Gasteiger partial charge in [-0.15, -0.1) is 0 Å². The van der Waals surface area contributed by atoms with Crippen molar-refractivity contribution in [3.05, 3.63) is 27.3 Å². The third kappa shape index (κ3) is 4.72. The molecule has 1 aromatic rings. The van der Waals surface area contributed by atoms with Crippen LogP contribution in [0.15, 0.2) is 18.2 Å². The molecule has 1 N–H and O–H groups in total. The number of carbonyl (C=O) groups is 2. The highest BCUT2D eigenvalue weighted by Crippen LogP contribution is 2.17. The van der Waals surface area contributed by atoms with E-state index in [0.717, 1.165) is 14.8 Å². The summed E-state index contributed by atoms with van der Waals surface area (Å²) in [5.74, 6) is -0.699. The van der Waals surface area contributed by atoms with Crippen molar-refractivity contribution in [1.82, 2.24) is 0 Å². The van der Waals surface area contributed by atoms with Crippen molar-refractivity contribution in [2.75, 3.05) is 11.9 Å². The Morgan fingerprint density at radius 2 is 2.12 bits per heavy atom. The summed E-state index contributed by atoms with van der Waals surface area (Å²) in [5, 5.41) is 2.70. The van der Waals surface area contributed by atoms with E-state index in [9.17, 15) is 9.59 Å². The van der Waals surface area contributed by atoms with Crippen LogP contribution in [0.4, 0.5) is 5.69 Å². The van der Waals surface area contributed by atoms with Crippen LogP contribution in [0.25, 0.3) is 0 Å². The number of carbonyl (C=O) groups excluding carboxylic acids is 2. The zero-order valence-electron chi connectivity index (χ0n) is 9.75. The number of esters is 1. The van der Waals surface area contributed by atoms with Gasteiger partial charge < -0.3 is 10.1 Å². The van der Waals surface area contributed by atoms with Gasteiger partial charge in [0.15, 0.2) is 6.61 Å². The monoisotopic (exact) mass is 347 g/mol. The Morgan fingerprint density at radius 3 is 2.71 bits per heavy atom. The Hall–Kier alpha value is -1.11. The first kappa shape index (κ1) is 14.0. The second-order valence-electron chi connectivity index (χ2n) is 3.52. The SMILES string of the molecule is CCC(=O)OCC(=O)Nc1ccc(I)cc1C. The first-order valence-electron chi connectivity index (χ1n) is 5.24. The van der Waals surface area contributed by atoms with Crippen LogP contribution in [-0.2, 0) is 14.3 Å². The molecule has 5 heteroatoms. The van der Waals surface area contributed by atoms with Gasteiger partial charge in [0.05, 0.1) is 0 Å². The molecule has 0 radical (unpaired) electrons. The van der Waals surface area contributed by atoms with Crippen LogP contribution in [-0.4, -0.2) is 18.5 Å². The third-order valence-corrected chi connectivity index (χ3v) is 2.79. The molecule has 0 unspecified atom stereocenters.